The van der Waals surface area contributed by atoms with Gasteiger partial charge in [0.1, 0.15) is 0 Å². The second-order valence-corrected chi connectivity index (χ2v) is 8.01. The fraction of sp³-hybridized carbons (Fsp3) is 0.692. The first-order chi connectivity index (χ1) is 8.61. The van der Waals surface area contributed by atoms with Crippen LogP contribution in [-0.4, -0.2) is 32.5 Å². The molecule has 3 nitrogen and oxygen atoms in total. The van der Waals surface area contributed by atoms with Gasteiger partial charge < -0.3 is 5.32 Å². The van der Waals surface area contributed by atoms with Crippen molar-refractivity contribution in [2.75, 3.05) is 18.1 Å². The van der Waals surface area contributed by atoms with Crippen molar-refractivity contribution < 1.29 is 8.42 Å². The predicted octanol–water partition coefficient (Wildman–Crippen LogP) is 2.09. The van der Waals surface area contributed by atoms with Crippen LogP contribution in [0, 0.1) is 5.92 Å². The second kappa shape index (κ2) is 6.17. The molecule has 2 heterocycles. The van der Waals surface area contributed by atoms with E-state index in [1.165, 1.54) is 5.56 Å². The molecule has 18 heavy (non-hydrogen) atoms. The molecule has 0 amide bonds. The molecular weight excluding hydrogens is 266 g/mol. The quantitative estimate of drug-likeness (QED) is 0.871. The van der Waals surface area contributed by atoms with E-state index in [1.807, 2.05) is 0 Å². The van der Waals surface area contributed by atoms with E-state index in [0.717, 1.165) is 25.8 Å². The lowest BCUT2D eigenvalue weighted by Gasteiger charge is -2.23. The number of hydrogen-bond acceptors (Lipinski definition) is 4. The summed E-state index contributed by atoms with van der Waals surface area (Å²) in [4.78, 5) is 0. The summed E-state index contributed by atoms with van der Waals surface area (Å²) in [5.74, 6) is 1.04. The number of nitrogens with one attached hydrogen (secondary N) is 1. The van der Waals surface area contributed by atoms with E-state index in [2.05, 4.69) is 29.1 Å². The summed E-state index contributed by atoms with van der Waals surface area (Å²) in [7, 11) is -2.77. The van der Waals surface area contributed by atoms with Crippen molar-refractivity contribution in [3.8, 4) is 0 Å². The van der Waals surface area contributed by atoms with Gasteiger partial charge in [0, 0.05) is 6.04 Å². The maximum Gasteiger partial charge on any atom is 0.150 e. The SMILES string of the molecule is CCNC(CCc1ccsc1)C1CCS(=O)(=O)C1. The summed E-state index contributed by atoms with van der Waals surface area (Å²) in [6.07, 6.45) is 2.89. The maximum absolute atomic E-state index is 11.6. The number of hydrogen-bond donors (Lipinski definition) is 1. The van der Waals surface area contributed by atoms with Gasteiger partial charge in [0.05, 0.1) is 11.5 Å². The Morgan fingerprint density at radius 2 is 2.39 bits per heavy atom. The molecule has 2 rings (SSSR count). The molecule has 0 saturated carbocycles. The highest BCUT2D eigenvalue weighted by Crippen LogP contribution is 2.24. The Morgan fingerprint density at radius 3 is 2.94 bits per heavy atom. The number of rotatable bonds is 6. The molecule has 1 N–H and O–H groups in total. The Hall–Kier alpha value is -0.390. The first-order valence-electron chi connectivity index (χ1n) is 6.55. The van der Waals surface area contributed by atoms with Gasteiger partial charge in [0.2, 0.25) is 0 Å². The monoisotopic (exact) mass is 287 g/mol. The largest absolute Gasteiger partial charge is 0.314 e. The van der Waals surface area contributed by atoms with Crippen molar-refractivity contribution in [3.05, 3.63) is 22.4 Å². The summed E-state index contributed by atoms with van der Waals surface area (Å²) in [5.41, 5.74) is 1.36. The van der Waals surface area contributed by atoms with Gasteiger partial charge in [-0.3, -0.25) is 0 Å². The molecule has 1 fully saturated rings. The van der Waals surface area contributed by atoms with Crippen molar-refractivity contribution in [1.29, 1.82) is 0 Å². The van der Waals surface area contributed by atoms with Gasteiger partial charge in [-0.05, 0) is 54.1 Å². The fourth-order valence-electron chi connectivity index (χ4n) is 2.66. The van der Waals surface area contributed by atoms with Crippen molar-refractivity contribution in [1.82, 2.24) is 5.32 Å². The third-order valence-electron chi connectivity index (χ3n) is 3.63. The standard InChI is InChI=1S/C13H21NO2S2/c1-2-14-13(4-3-11-5-7-17-9-11)12-6-8-18(15,16)10-12/h5,7,9,12-14H,2-4,6,8,10H2,1H3. The highest BCUT2D eigenvalue weighted by Gasteiger charge is 2.32. The molecule has 1 aliphatic rings. The van der Waals surface area contributed by atoms with Crippen LogP contribution in [-0.2, 0) is 16.3 Å². The number of thiophene rings is 1. The van der Waals surface area contributed by atoms with Crippen LogP contribution in [0.15, 0.2) is 16.8 Å². The highest BCUT2D eigenvalue weighted by atomic mass is 32.2. The zero-order chi connectivity index (χ0) is 13.0. The Morgan fingerprint density at radius 1 is 1.56 bits per heavy atom. The minimum absolute atomic E-state index is 0.300. The van der Waals surface area contributed by atoms with Crippen LogP contribution >= 0.6 is 11.3 Å². The molecule has 0 bridgehead atoms. The fourth-order valence-corrected chi connectivity index (χ4v) is 5.25. The average Bonchev–Trinajstić information content (AvgIpc) is 2.93. The average molecular weight is 287 g/mol. The van der Waals surface area contributed by atoms with Crippen LogP contribution in [0.2, 0.25) is 0 Å². The predicted molar refractivity (Wildman–Crippen MR) is 76.9 cm³/mol. The van der Waals surface area contributed by atoms with Gasteiger partial charge in [0.25, 0.3) is 0 Å². The molecule has 1 aromatic heterocycles. The van der Waals surface area contributed by atoms with Crippen LogP contribution in [0.25, 0.3) is 0 Å². The topological polar surface area (TPSA) is 46.2 Å². The zero-order valence-corrected chi connectivity index (χ0v) is 12.4. The molecule has 102 valence electrons. The Kier molecular flexibility index (Phi) is 4.81. The third-order valence-corrected chi connectivity index (χ3v) is 6.15. The lowest BCUT2D eigenvalue weighted by molar-refractivity contribution is 0.368. The van der Waals surface area contributed by atoms with Gasteiger partial charge in [-0.1, -0.05) is 6.92 Å². The molecular formula is C13H21NO2S2. The van der Waals surface area contributed by atoms with Gasteiger partial charge in [-0.25, -0.2) is 8.42 Å². The van der Waals surface area contributed by atoms with Crippen molar-refractivity contribution in [3.63, 3.8) is 0 Å². The van der Waals surface area contributed by atoms with Crippen molar-refractivity contribution in [2.24, 2.45) is 5.92 Å². The van der Waals surface area contributed by atoms with E-state index in [0.29, 0.717) is 23.5 Å². The molecule has 5 heteroatoms. The van der Waals surface area contributed by atoms with E-state index in [9.17, 15) is 8.42 Å². The first-order valence-corrected chi connectivity index (χ1v) is 9.32. The van der Waals surface area contributed by atoms with Crippen LogP contribution in [0.3, 0.4) is 0 Å². The summed E-state index contributed by atoms with van der Waals surface area (Å²) >= 11 is 1.72. The smallest absolute Gasteiger partial charge is 0.150 e. The first kappa shape index (κ1) is 14.0. The van der Waals surface area contributed by atoms with E-state index < -0.39 is 9.84 Å². The van der Waals surface area contributed by atoms with Gasteiger partial charge in [0.15, 0.2) is 9.84 Å². The van der Waals surface area contributed by atoms with Crippen LogP contribution < -0.4 is 5.32 Å². The Bertz CT molecular complexity index is 453. The summed E-state index contributed by atoms with van der Waals surface area (Å²) in [6, 6.07) is 2.49. The normalized spacial score (nSPS) is 24.2. The zero-order valence-electron chi connectivity index (χ0n) is 10.8. The van der Waals surface area contributed by atoms with Gasteiger partial charge in [-0.2, -0.15) is 11.3 Å². The molecule has 0 spiro atoms. The van der Waals surface area contributed by atoms with Crippen LogP contribution in [0.4, 0.5) is 0 Å². The second-order valence-electron chi connectivity index (χ2n) is 5.00. The van der Waals surface area contributed by atoms with Crippen molar-refractivity contribution >= 4 is 21.2 Å². The molecule has 1 aromatic rings. The highest BCUT2D eigenvalue weighted by molar-refractivity contribution is 7.91. The number of aryl methyl sites for hydroxylation is 1. The molecule has 2 unspecified atom stereocenters. The van der Waals surface area contributed by atoms with E-state index in [4.69, 9.17) is 0 Å². The van der Waals surface area contributed by atoms with Crippen molar-refractivity contribution in [2.45, 2.75) is 32.2 Å². The molecule has 0 aliphatic carbocycles. The van der Waals surface area contributed by atoms with E-state index in [-0.39, 0.29) is 0 Å². The summed E-state index contributed by atoms with van der Waals surface area (Å²) in [5, 5.41) is 7.73. The molecule has 1 aliphatic heterocycles. The maximum atomic E-state index is 11.6. The minimum atomic E-state index is -2.77. The lowest BCUT2D eigenvalue weighted by Crippen LogP contribution is -2.37. The van der Waals surface area contributed by atoms with E-state index >= 15 is 0 Å². The lowest BCUT2D eigenvalue weighted by atomic mass is 9.94. The van der Waals surface area contributed by atoms with Gasteiger partial charge >= 0.3 is 0 Å². The summed E-state index contributed by atoms with van der Waals surface area (Å²) in [6.45, 7) is 2.99. The number of sulfone groups is 1. The summed E-state index contributed by atoms with van der Waals surface area (Å²) < 4.78 is 23.1. The Balaban J connectivity index is 1.91. The molecule has 2 atom stereocenters. The Labute approximate surface area is 114 Å². The molecule has 0 aromatic carbocycles. The van der Waals surface area contributed by atoms with Crippen LogP contribution in [0.5, 0.6) is 0 Å². The third kappa shape index (κ3) is 3.80. The van der Waals surface area contributed by atoms with Gasteiger partial charge in [-0.15, -0.1) is 0 Å². The molecule has 1 saturated heterocycles. The van der Waals surface area contributed by atoms with Crippen LogP contribution in [0.1, 0.15) is 25.3 Å². The minimum Gasteiger partial charge on any atom is -0.314 e. The molecule has 0 radical (unpaired) electrons. The van der Waals surface area contributed by atoms with E-state index in [1.54, 1.807) is 11.3 Å².